The number of esters is 1. The van der Waals surface area contributed by atoms with Gasteiger partial charge in [0.25, 0.3) is 0 Å². The van der Waals surface area contributed by atoms with Crippen LogP contribution in [0.2, 0.25) is 0 Å². The first-order valence-electron chi connectivity index (χ1n) is 12.8. The Morgan fingerprint density at radius 1 is 1.18 bits per heavy atom. The number of likely N-dealkylation sites (N-methyl/N-ethyl adjacent to an activating group) is 1. The predicted molar refractivity (Wildman–Crippen MR) is 139 cm³/mol. The van der Waals surface area contributed by atoms with Crippen molar-refractivity contribution < 1.29 is 14.3 Å². The van der Waals surface area contributed by atoms with Crippen molar-refractivity contribution in [3.63, 3.8) is 0 Å². The molecule has 0 aromatic heterocycles. The lowest BCUT2D eigenvalue weighted by Gasteiger charge is -2.41. The molecule has 0 aromatic carbocycles. The van der Waals surface area contributed by atoms with E-state index in [2.05, 4.69) is 58.3 Å². The Hall–Kier alpha value is -1.82. The first-order valence-corrected chi connectivity index (χ1v) is 12.8. The number of likely N-dealkylation sites (tertiary alicyclic amines) is 1. The van der Waals surface area contributed by atoms with Crippen molar-refractivity contribution in [1.29, 1.82) is 0 Å². The van der Waals surface area contributed by atoms with E-state index in [1.807, 2.05) is 0 Å². The van der Waals surface area contributed by atoms with Gasteiger partial charge in [0.15, 0.2) is 0 Å². The lowest BCUT2D eigenvalue weighted by Crippen LogP contribution is -2.53. The topological polar surface area (TPSA) is 61.9 Å². The van der Waals surface area contributed by atoms with Crippen LogP contribution in [0.15, 0.2) is 23.9 Å². The average Bonchev–Trinajstić information content (AvgIpc) is 2.80. The first-order chi connectivity index (χ1) is 15.5. The highest BCUT2D eigenvalue weighted by Crippen LogP contribution is 2.24. The summed E-state index contributed by atoms with van der Waals surface area (Å²) < 4.78 is 5.01. The Kier molecular flexibility index (Phi) is 15.8. The minimum atomic E-state index is -0.339. The molecule has 33 heavy (non-hydrogen) atoms. The number of nitrogens with one attached hydrogen (secondary N) is 1. The summed E-state index contributed by atoms with van der Waals surface area (Å²) in [7, 11) is 1.78. The van der Waals surface area contributed by atoms with Crippen LogP contribution < -0.4 is 5.32 Å². The Bertz CT molecular complexity index is 630. The lowest BCUT2D eigenvalue weighted by molar-refractivity contribution is -0.138. The number of rotatable bonds is 11. The molecule has 1 aliphatic heterocycles. The summed E-state index contributed by atoms with van der Waals surface area (Å²) in [5, 5.41) is 3.49. The van der Waals surface area contributed by atoms with Gasteiger partial charge in [0.2, 0.25) is 5.91 Å². The Morgan fingerprint density at radius 3 is 2.30 bits per heavy atom. The molecule has 1 amide bonds. The number of piperidine rings is 1. The molecule has 1 aliphatic rings. The number of amides is 1. The van der Waals surface area contributed by atoms with Crippen LogP contribution in [0.25, 0.3) is 0 Å². The first kappa shape index (κ1) is 31.2. The molecule has 1 N–H and O–H groups in total. The van der Waals surface area contributed by atoms with Crippen molar-refractivity contribution in [1.82, 2.24) is 15.1 Å². The van der Waals surface area contributed by atoms with Gasteiger partial charge in [-0.05, 0) is 53.0 Å². The minimum Gasteiger partial charge on any atom is -0.463 e. The van der Waals surface area contributed by atoms with Crippen molar-refractivity contribution in [3.05, 3.63) is 23.9 Å². The van der Waals surface area contributed by atoms with Crippen molar-refractivity contribution in [3.8, 4) is 0 Å². The van der Waals surface area contributed by atoms with Gasteiger partial charge in [0.05, 0.1) is 6.61 Å². The summed E-state index contributed by atoms with van der Waals surface area (Å²) >= 11 is 0. The fourth-order valence-electron chi connectivity index (χ4n) is 3.85. The molecule has 0 bridgehead atoms. The summed E-state index contributed by atoms with van der Waals surface area (Å²) in [5.74, 6) is -0.150. The lowest BCUT2D eigenvalue weighted by atomic mass is 9.94. The minimum absolute atomic E-state index is 0.0188. The smallest absolute Gasteiger partial charge is 0.333 e. The molecule has 0 aliphatic carbocycles. The second-order valence-electron chi connectivity index (χ2n) is 9.41. The van der Waals surface area contributed by atoms with Crippen LogP contribution in [0.3, 0.4) is 0 Å². The van der Waals surface area contributed by atoms with Gasteiger partial charge >= 0.3 is 5.97 Å². The zero-order valence-corrected chi connectivity index (χ0v) is 22.9. The van der Waals surface area contributed by atoms with Gasteiger partial charge < -0.3 is 15.0 Å². The normalized spacial score (nSPS) is 18.6. The molecule has 0 spiro atoms. The van der Waals surface area contributed by atoms with Gasteiger partial charge in [-0.15, -0.1) is 0 Å². The molecule has 1 rings (SSSR count). The number of carbonyl (C=O) groups is 2. The molecule has 6 heteroatoms. The Balaban J connectivity index is 0.00000322. The van der Waals surface area contributed by atoms with E-state index in [1.165, 1.54) is 19.3 Å². The highest BCUT2D eigenvalue weighted by Gasteiger charge is 2.32. The third kappa shape index (κ3) is 10.8. The van der Waals surface area contributed by atoms with Gasteiger partial charge in [0, 0.05) is 36.9 Å². The fraction of sp³-hybridized carbons (Fsp3) is 0.778. The van der Waals surface area contributed by atoms with Crippen LogP contribution in [-0.4, -0.2) is 66.5 Å². The van der Waals surface area contributed by atoms with E-state index >= 15 is 0 Å². The summed E-state index contributed by atoms with van der Waals surface area (Å²) in [6.45, 7) is 22.5. The van der Waals surface area contributed by atoms with Crippen LogP contribution in [0.1, 0.15) is 87.5 Å². The molecule has 1 heterocycles. The van der Waals surface area contributed by atoms with Gasteiger partial charge in [-0.1, -0.05) is 59.6 Å². The Labute approximate surface area is 203 Å². The van der Waals surface area contributed by atoms with Gasteiger partial charge in [-0.3, -0.25) is 9.69 Å². The zero-order chi connectivity index (χ0) is 25.6. The molecular weight excluding hydrogens is 414 g/mol. The third-order valence-electron chi connectivity index (χ3n) is 6.07. The van der Waals surface area contributed by atoms with E-state index in [0.29, 0.717) is 24.8 Å². The Morgan fingerprint density at radius 2 is 1.79 bits per heavy atom. The van der Waals surface area contributed by atoms with Crippen molar-refractivity contribution >= 4 is 11.9 Å². The SMILES string of the molecule is C=C(NC(C(=O)N(C)C/C=C(\C)C(=O)OCC)[C@@H](C)CC)C1CCCCN1C(C)C.CCC. The van der Waals surface area contributed by atoms with E-state index < -0.39 is 0 Å². The van der Waals surface area contributed by atoms with Crippen molar-refractivity contribution in [2.24, 2.45) is 5.92 Å². The number of hydrogen-bond donors (Lipinski definition) is 1. The third-order valence-corrected chi connectivity index (χ3v) is 6.07. The van der Waals surface area contributed by atoms with Crippen LogP contribution in [0.4, 0.5) is 0 Å². The maximum atomic E-state index is 13.2. The van der Waals surface area contributed by atoms with E-state index in [0.717, 1.165) is 25.1 Å². The van der Waals surface area contributed by atoms with Gasteiger partial charge in [-0.2, -0.15) is 0 Å². The summed E-state index contributed by atoms with van der Waals surface area (Å²) in [4.78, 5) is 29.2. The zero-order valence-electron chi connectivity index (χ0n) is 22.9. The molecule has 1 fully saturated rings. The number of nitrogens with zero attached hydrogens (tertiary/aromatic N) is 2. The van der Waals surface area contributed by atoms with E-state index in [-0.39, 0.29) is 29.9 Å². The molecule has 2 unspecified atom stereocenters. The number of hydrogen-bond acceptors (Lipinski definition) is 5. The molecule has 192 valence electrons. The maximum absolute atomic E-state index is 13.2. The molecule has 0 radical (unpaired) electrons. The summed E-state index contributed by atoms with van der Waals surface area (Å²) in [6, 6.07) is 0.374. The molecule has 1 saturated heterocycles. The van der Waals surface area contributed by atoms with Crippen LogP contribution in [0, 0.1) is 5.92 Å². The molecule has 3 atom stereocenters. The molecule has 0 saturated carbocycles. The van der Waals surface area contributed by atoms with Gasteiger partial charge in [-0.25, -0.2) is 4.79 Å². The fourth-order valence-corrected chi connectivity index (χ4v) is 3.85. The molecular formula is C27H51N3O3. The number of ether oxygens (including phenoxy) is 1. The monoisotopic (exact) mass is 465 g/mol. The van der Waals surface area contributed by atoms with Crippen molar-refractivity contribution in [2.75, 3.05) is 26.7 Å². The average molecular weight is 466 g/mol. The predicted octanol–water partition coefficient (Wildman–Crippen LogP) is 5.15. The summed E-state index contributed by atoms with van der Waals surface area (Å²) in [6.07, 6.45) is 7.36. The number of carbonyl (C=O) groups excluding carboxylic acids is 2. The van der Waals surface area contributed by atoms with E-state index in [1.54, 1.807) is 31.9 Å². The second kappa shape index (κ2) is 16.7. The summed E-state index contributed by atoms with van der Waals surface area (Å²) in [5.41, 5.74) is 1.46. The molecule has 6 nitrogen and oxygen atoms in total. The standard InChI is InChI=1S/C24H43N3O3.C3H8/c1-9-18(5)22(23(28)26(8)16-14-19(6)24(29)30-10-2)25-20(7)21-13-11-12-15-27(21)17(3)4;1-3-2/h14,17-18,21-22,25H,7,9-13,15-16H2,1-6,8H3;3H2,1-2H3/b19-14+;/t18-,21?,22?;/m0./s1. The van der Waals surface area contributed by atoms with Crippen LogP contribution in [-0.2, 0) is 14.3 Å². The largest absolute Gasteiger partial charge is 0.463 e. The van der Waals surface area contributed by atoms with E-state index in [4.69, 9.17) is 4.74 Å². The van der Waals surface area contributed by atoms with Crippen LogP contribution >= 0.6 is 0 Å². The van der Waals surface area contributed by atoms with Crippen LogP contribution in [0.5, 0.6) is 0 Å². The molecule has 0 aromatic rings. The quantitative estimate of drug-likeness (QED) is 0.338. The van der Waals surface area contributed by atoms with Gasteiger partial charge in [0.1, 0.15) is 6.04 Å². The maximum Gasteiger partial charge on any atom is 0.333 e. The highest BCUT2D eigenvalue weighted by atomic mass is 16.5. The highest BCUT2D eigenvalue weighted by molar-refractivity contribution is 5.88. The second-order valence-corrected chi connectivity index (χ2v) is 9.41. The van der Waals surface area contributed by atoms with Crippen molar-refractivity contribution in [2.45, 2.75) is 106 Å². The van der Waals surface area contributed by atoms with E-state index in [9.17, 15) is 9.59 Å².